The van der Waals surface area contributed by atoms with Crippen molar-refractivity contribution in [3.8, 4) is 0 Å². The first-order valence-corrected chi connectivity index (χ1v) is 8.69. The number of hydrogen-bond donors (Lipinski definition) is 1. The number of aromatic nitrogens is 1. The number of alkyl halides is 4. The van der Waals surface area contributed by atoms with E-state index >= 15 is 0 Å². The number of methoxy groups -OCH3 is 1. The molecule has 0 spiro atoms. The molecule has 1 unspecified atom stereocenters. The summed E-state index contributed by atoms with van der Waals surface area (Å²) < 4.78 is 49.2. The summed E-state index contributed by atoms with van der Waals surface area (Å²) in [6, 6.07) is 3.28. The Morgan fingerprint density at radius 2 is 1.79 bits per heavy atom. The van der Waals surface area contributed by atoms with E-state index in [1.165, 1.54) is 6.07 Å². The van der Waals surface area contributed by atoms with Gasteiger partial charge in [0, 0.05) is 11.4 Å². The lowest BCUT2D eigenvalue weighted by atomic mass is 9.82. The molecule has 0 aromatic carbocycles. The number of dihydropyridines is 1. The lowest BCUT2D eigenvalue weighted by Crippen LogP contribution is -2.33. The van der Waals surface area contributed by atoms with Gasteiger partial charge < -0.3 is 14.8 Å². The quantitative estimate of drug-likeness (QED) is 0.584. The second-order valence-electron chi connectivity index (χ2n) is 5.90. The molecule has 6 nitrogen and oxygen atoms in total. The summed E-state index contributed by atoms with van der Waals surface area (Å²) in [4.78, 5) is 28.6. The van der Waals surface area contributed by atoms with Crippen molar-refractivity contribution in [2.45, 2.75) is 25.9 Å². The van der Waals surface area contributed by atoms with Gasteiger partial charge >= 0.3 is 18.1 Å². The van der Waals surface area contributed by atoms with Crippen LogP contribution in [0.4, 0.5) is 13.2 Å². The molecular formula is C18H18ClF3N2O4. The van der Waals surface area contributed by atoms with Crippen molar-refractivity contribution >= 4 is 23.5 Å². The standard InChI is InChI=1S/C18H18ClF3N2O4/c1-9-13(16(25)27-3)15(11-5-4-6-12(24-11)18(20,21)22)14(10(2)23-9)17(26)28-8-7-19/h4-6,15,23H,7-8H2,1-3H3. The fourth-order valence-corrected chi connectivity index (χ4v) is 3.00. The van der Waals surface area contributed by atoms with Crippen molar-refractivity contribution in [2.75, 3.05) is 19.6 Å². The maximum Gasteiger partial charge on any atom is 0.433 e. The first-order valence-electron chi connectivity index (χ1n) is 8.15. The van der Waals surface area contributed by atoms with Crippen LogP contribution in [0.15, 0.2) is 40.7 Å². The number of hydrogen-bond acceptors (Lipinski definition) is 6. The third kappa shape index (κ3) is 4.46. The lowest BCUT2D eigenvalue weighted by Gasteiger charge is -2.29. The average Bonchev–Trinajstić information content (AvgIpc) is 2.64. The fraction of sp³-hybridized carbons (Fsp3) is 0.389. The summed E-state index contributed by atoms with van der Waals surface area (Å²) in [6.45, 7) is 3.00. The molecule has 1 aliphatic rings. The predicted molar refractivity (Wildman–Crippen MR) is 94.2 cm³/mol. The number of ether oxygens (including phenoxy) is 2. The van der Waals surface area contributed by atoms with Crippen molar-refractivity contribution in [3.05, 3.63) is 52.1 Å². The van der Waals surface area contributed by atoms with E-state index in [0.29, 0.717) is 11.4 Å². The first-order chi connectivity index (χ1) is 13.1. The Labute approximate surface area is 164 Å². The van der Waals surface area contributed by atoms with Crippen molar-refractivity contribution in [1.82, 2.24) is 10.3 Å². The number of carbonyl (C=O) groups is 2. The average molecular weight is 419 g/mol. The monoisotopic (exact) mass is 418 g/mol. The number of nitrogens with one attached hydrogen (secondary N) is 1. The van der Waals surface area contributed by atoms with Gasteiger partial charge in [-0.2, -0.15) is 13.2 Å². The van der Waals surface area contributed by atoms with Crippen molar-refractivity contribution in [2.24, 2.45) is 0 Å². The Balaban J connectivity index is 2.67. The van der Waals surface area contributed by atoms with Gasteiger partial charge in [0.15, 0.2) is 0 Å². The normalized spacial score (nSPS) is 17.3. The number of rotatable bonds is 5. The van der Waals surface area contributed by atoms with E-state index in [-0.39, 0.29) is 29.3 Å². The van der Waals surface area contributed by atoms with E-state index in [4.69, 9.17) is 21.1 Å². The minimum absolute atomic E-state index is 0.0299. The largest absolute Gasteiger partial charge is 0.466 e. The van der Waals surface area contributed by atoms with Crippen LogP contribution in [-0.2, 0) is 25.2 Å². The van der Waals surface area contributed by atoms with Crippen molar-refractivity contribution in [3.63, 3.8) is 0 Å². The van der Waals surface area contributed by atoms with Crippen LogP contribution in [0.5, 0.6) is 0 Å². The zero-order chi connectivity index (χ0) is 21.1. The second-order valence-corrected chi connectivity index (χ2v) is 6.28. The molecule has 10 heteroatoms. The SMILES string of the molecule is COC(=O)C1=C(C)NC(C)=C(C(=O)OCCCl)C1c1cccc(C(F)(F)F)n1. The van der Waals surface area contributed by atoms with Gasteiger partial charge in [0.25, 0.3) is 0 Å². The summed E-state index contributed by atoms with van der Waals surface area (Å²) in [5.74, 6) is -2.77. The molecule has 0 saturated carbocycles. The number of carbonyl (C=O) groups excluding carboxylic acids is 2. The highest BCUT2D eigenvalue weighted by atomic mass is 35.5. The number of halogens is 4. The summed E-state index contributed by atoms with van der Waals surface area (Å²) in [6.07, 6.45) is -4.69. The fourth-order valence-electron chi connectivity index (χ4n) is 2.92. The van der Waals surface area contributed by atoms with Crippen LogP contribution in [0.2, 0.25) is 0 Å². The number of nitrogens with zero attached hydrogens (tertiary/aromatic N) is 1. The van der Waals surface area contributed by atoms with E-state index in [2.05, 4.69) is 10.3 Å². The molecule has 28 heavy (non-hydrogen) atoms. The van der Waals surface area contributed by atoms with E-state index in [1.807, 2.05) is 0 Å². The molecule has 2 rings (SSSR count). The molecule has 1 N–H and O–H groups in total. The van der Waals surface area contributed by atoms with Crippen molar-refractivity contribution < 1.29 is 32.2 Å². The molecule has 0 radical (unpaired) electrons. The van der Waals surface area contributed by atoms with Crippen LogP contribution in [0, 0.1) is 0 Å². The van der Waals surface area contributed by atoms with Gasteiger partial charge in [-0.3, -0.25) is 0 Å². The van der Waals surface area contributed by atoms with Crippen LogP contribution in [0.25, 0.3) is 0 Å². The molecule has 1 atom stereocenters. The Bertz CT molecular complexity index is 849. The summed E-state index contributed by atoms with van der Waals surface area (Å²) in [5, 5.41) is 2.87. The minimum atomic E-state index is -4.69. The predicted octanol–water partition coefficient (Wildman–Crippen LogP) is 3.29. The lowest BCUT2D eigenvalue weighted by molar-refractivity contribution is -0.141. The maximum atomic E-state index is 13.1. The van der Waals surface area contributed by atoms with Crippen LogP contribution >= 0.6 is 11.6 Å². The van der Waals surface area contributed by atoms with E-state index in [0.717, 1.165) is 19.2 Å². The molecule has 0 bridgehead atoms. The van der Waals surface area contributed by atoms with Crippen LogP contribution < -0.4 is 5.32 Å². The Hall–Kier alpha value is -2.55. The van der Waals surface area contributed by atoms with Gasteiger partial charge in [-0.25, -0.2) is 14.6 Å². The topological polar surface area (TPSA) is 77.5 Å². The number of allylic oxidation sites excluding steroid dienone is 2. The molecule has 0 amide bonds. The zero-order valence-corrected chi connectivity index (χ0v) is 16.1. The van der Waals surface area contributed by atoms with E-state index < -0.39 is 29.7 Å². The second kappa shape index (κ2) is 8.64. The minimum Gasteiger partial charge on any atom is -0.466 e. The molecule has 1 aromatic rings. The third-order valence-electron chi connectivity index (χ3n) is 4.05. The smallest absolute Gasteiger partial charge is 0.433 e. The molecule has 0 fully saturated rings. The molecule has 2 heterocycles. The summed E-state index contributed by atoms with van der Waals surface area (Å²) in [5.41, 5.74) is -0.679. The van der Waals surface area contributed by atoms with Gasteiger partial charge in [-0.1, -0.05) is 6.07 Å². The van der Waals surface area contributed by atoms with E-state index in [1.54, 1.807) is 13.8 Å². The van der Waals surface area contributed by atoms with Gasteiger partial charge in [0.2, 0.25) is 0 Å². The third-order valence-corrected chi connectivity index (χ3v) is 4.21. The van der Waals surface area contributed by atoms with Crippen molar-refractivity contribution in [1.29, 1.82) is 0 Å². The highest BCUT2D eigenvalue weighted by Gasteiger charge is 2.40. The van der Waals surface area contributed by atoms with Gasteiger partial charge in [-0.15, -0.1) is 11.6 Å². The first kappa shape index (κ1) is 21.7. The van der Waals surface area contributed by atoms with Gasteiger partial charge in [0.1, 0.15) is 12.3 Å². The molecule has 1 aromatic heterocycles. The zero-order valence-electron chi connectivity index (χ0n) is 15.3. The highest BCUT2D eigenvalue weighted by molar-refractivity contribution is 6.18. The maximum absolute atomic E-state index is 13.1. The molecule has 0 aliphatic carbocycles. The van der Waals surface area contributed by atoms with E-state index in [9.17, 15) is 22.8 Å². The molecule has 152 valence electrons. The van der Waals surface area contributed by atoms with Gasteiger partial charge in [-0.05, 0) is 26.0 Å². The van der Waals surface area contributed by atoms with Crippen LogP contribution in [0.3, 0.4) is 0 Å². The Morgan fingerprint density at radius 1 is 1.18 bits per heavy atom. The highest BCUT2D eigenvalue weighted by Crippen LogP contribution is 2.39. The number of pyridine rings is 1. The van der Waals surface area contributed by atoms with Crippen LogP contribution in [0.1, 0.15) is 31.2 Å². The molecule has 0 saturated heterocycles. The Kier molecular flexibility index (Phi) is 6.71. The molecular weight excluding hydrogens is 401 g/mol. The Morgan fingerprint density at radius 3 is 2.32 bits per heavy atom. The summed E-state index contributed by atoms with van der Waals surface area (Å²) >= 11 is 5.54. The van der Waals surface area contributed by atoms with Gasteiger partial charge in [0.05, 0.1) is 35.7 Å². The molecule has 1 aliphatic heterocycles. The number of esters is 2. The summed E-state index contributed by atoms with van der Waals surface area (Å²) in [7, 11) is 1.13. The van der Waals surface area contributed by atoms with Crippen LogP contribution in [-0.4, -0.2) is 36.5 Å².